The lowest BCUT2D eigenvalue weighted by Gasteiger charge is -2.24. The van der Waals surface area contributed by atoms with Crippen molar-refractivity contribution in [1.29, 1.82) is 0 Å². The quantitative estimate of drug-likeness (QED) is 0.786. The second-order valence-corrected chi connectivity index (χ2v) is 6.50. The predicted molar refractivity (Wildman–Crippen MR) is 71.4 cm³/mol. The van der Waals surface area contributed by atoms with Crippen molar-refractivity contribution in [3.8, 4) is 0 Å². The Kier molecular flexibility index (Phi) is 4.36. The lowest BCUT2D eigenvalue weighted by Crippen LogP contribution is -2.28. The van der Waals surface area contributed by atoms with Crippen LogP contribution in [0.25, 0.3) is 0 Å². The van der Waals surface area contributed by atoms with Crippen LogP contribution in [0.4, 0.5) is 0 Å². The zero-order valence-corrected chi connectivity index (χ0v) is 11.2. The summed E-state index contributed by atoms with van der Waals surface area (Å²) in [6.07, 6.45) is 0. The minimum absolute atomic E-state index is 0.284. The summed E-state index contributed by atoms with van der Waals surface area (Å²) in [6.45, 7) is 0.284. The molecule has 0 atom stereocenters. The molecule has 1 fully saturated rings. The van der Waals surface area contributed by atoms with Gasteiger partial charge >= 0.3 is 5.97 Å². The number of thioether (sulfide) groups is 2. The standard InChI is InChI=1S/C12H14O3S2/c1-14-12(16-7-8-17-12)9-15-11(13)10-5-3-2-4-6-10/h2-6H,7-9H2,1H3. The maximum Gasteiger partial charge on any atom is 0.338 e. The molecule has 0 aromatic heterocycles. The van der Waals surface area contributed by atoms with Gasteiger partial charge in [0.1, 0.15) is 6.61 Å². The van der Waals surface area contributed by atoms with Crippen LogP contribution in [0.15, 0.2) is 30.3 Å². The molecule has 0 saturated carbocycles. The Hall–Kier alpha value is -0.650. The van der Waals surface area contributed by atoms with Gasteiger partial charge in [0.05, 0.1) is 5.56 Å². The highest BCUT2D eigenvalue weighted by atomic mass is 32.2. The summed E-state index contributed by atoms with van der Waals surface area (Å²) < 4.78 is 10.3. The fourth-order valence-corrected chi connectivity index (χ4v) is 4.15. The number of hydrogen-bond donors (Lipinski definition) is 0. The molecular weight excluding hydrogens is 256 g/mol. The molecule has 0 spiro atoms. The van der Waals surface area contributed by atoms with E-state index in [0.29, 0.717) is 5.56 Å². The first-order valence-electron chi connectivity index (χ1n) is 5.31. The van der Waals surface area contributed by atoms with Gasteiger partial charge in [0.2, 0.25) is 0 Å². The Balaban J connectivity index is 1.92. The van der Waals surface area contributed by atoms with E-state index in [1.807, 2.05) is 18.2 Å². The molecular formula is C12H14O3S2. The summed E-state index contributed by atoms with van der Waals surface area (Å²) in [7, 11) is 1.65. The van der Waals surface area contributed by atoms with Crippen molar-refractivity contribution >= 4 is 29.5 Å². The normalized spacial score (nSPS) is 17.9. The van der Waals surface area contributed by atoms with Crippen LogP contribution in [0.5, 0.6) is 0 Å². The fraction of sp³-hybridized carbons (Fsp3) is 0.417. The van der Waals surface area contributed by atoms with Crippen molar-refractivity contribution in [2.45, 2.75) is 4.27 Å². The van der Waals surface area contributed by atoms with Crippen molar-refractivity contribution in [2.75, 3.05) is 25.2 Å². The van der Waals surface area contributed by atoms with E-state index in [0.717, 1.165) is 11.5 Å². The molecule has 3 nitrogen and oxygen atoms in total. The summed E-state index contributed by atoms with van der Waals surface area (Å²) in [4.78, 5) is 11.8. The fourth-order valence-electron chi connectivity index (χ4n) is 1.51. The van der Waals surface area contributed by atoms with Crippen LogP contribution in [-0.2, 0) is 9.47 Å². The minimum atomic E-state index is -0.412. The van der Waals surface area contributed by atoms with Gasteiger partial charge in [-0.3, -0.25) is 0 Å². The van der Waals surface area contributed by atoms with Crippen LogP contribution >= 0.6 is 23.5 Å². The third-order valence-corrected chi connectivity index (χ3v) is 5.66. The van der Waals surface area contributed by atoms with Crippen LogP contribution in [0, 0.1) is 0 Å². The molecule has 1 aromatic rings. The molecule has 1 aliphatic heterocycles. The molecule has 92 valence electrons. The third kappa shape index (κ3) is 3.18. The van der Waals surface area contributed by atoms with Crippen LogP contribution in [0.2, 0.25) is 0 Å². The SMILES string of the molecule is COC1(COC(=O)c2ccccc2)SCCS1. The Morgan fingerprint density at radius 2 is 1.94 bits per heavy atom. The summed E-state index contributed by atoms with van der Waals surface area (Å²) in [6, 6.07) is 9.01. The molecule has 1 aromatic carbocycles. The van der Waals surface area contributed by atoms with E-state index in [-0.39, 0.29) is 12.6 Å². The summed E-state index contributed by atoms with van der Waals surface area (Å²) >= 11 is 3.38. The monoisotopic (exact) mass is 270 g/mol. The molecule has 0 bridgehead atoms. The van der Waals surface area contributed by atoms with Gasteiger partial charge in [-0.15, -0.1) is 23.5 Å². The van der Waals surface area contributed by atoms with Gasteiger partial charge < -0.3 is 9.47 Å². The highest BCUT2D eigenvalue weighted by Crippen LogP contribution is 2.44. The van der Waals surface area contributed by atoms with Crippen LogP contribution in [0.1, 0.15) is 10.4 Å². The van der Waals surface area contributed by atoms with Crippen LogP contribution in [-0.4, -0.2) is 35.5 Å². The molecule has 17 heavy (non-hydrogen) atoms. The number of esters is 1. The maximum atomic E-state index is 11.8. The average molecular weight is 270 g/mol. The highest BCUT2D eigenvalue weighted by molar-refractivity contribution is 8.21. The Labute approximate surface area is 109 Å². The Morgan fingerprint density at radius 3 is 2.53 bits per heavy atom. The average Bonchev–Trinajstić information content (AvgIpc) is 2.86. The van der Waals surface area contributed by atoms with Crippen LogP contribution in [0.3, 0.4) is 0 Å². The van der Waals surface area contributed by atoms with Crippen LogP contribution < -0.4 is 0 Å². The Bertz CT molecular complexity index is 375. The molecule has 1 saturated heterocycles. The van der Waals surface area contributed by atoms with Crippen molar-refractivity contribution < 1.29 is 14.3 Å². The van der Waals surface area contributed by atoms with Gasteiger partial charge in [-0.2, -0.15) is 0 Å². The van der Waals surface area contributed by atoms with E-state index in [9.17, 15) is 4.79 Å². The number of rotatable bonds is 4. The van der Waals surface area contributed by atoms with Crippen molar-refractivity contribution in [1.82, 2.24) is 0 Å². The van der Waals surface area contributed by atoms with Crippen molar-refractivity contribution in [2.24, 2.45) is 0 Å². The molecule has 0 radical (unpaired) electrons. The number of carbonyl (C=O) groups excluding carboxylic acids is 1. The molecule has 2 rings (SSSR count). The van der Waals surface area contributed by atoms with Gasteiger partial charge in [-0.25, -0.2) is 4.79 Å². The highest BCUT2D eigenvalue weighted by Gasteiger charge is 2.37. The first kappa shape index (κ1) is 12.8. The topological polar surface area (TPSA) is 35.5 Å². The number of ether oxygens (including phenoxy) is 2. The number of hydrogen-bond acceptors (Lipinski definition) is 5. The number of benzene rings is 1. The summed E-state index contributed by atoms with van der Waals surface area (Å²) in [5.41, 5.74) is 0.576. The minimum Gasteiger partial charge on any atom is -0.457 e. The molecule has 0 aliphatic carbocycles. The predicted octanol–water partition coefficient (Wildman–Crippen LogP) is 2.62. The van der Waals surface area contributed by atoms with E-state index in [4.69, 9.17) is 9.47 Å². The summed E-state index contributed by atoms with van der Waals surface area (Å²) in [5.74, 6) is 1.76. The van der Waals surface area contributed by atoms with E-state index >= 15 is 0 Å². The van der Waals surface area contributed by atoms with E-state index in [2.05, 4.69) is 0 Å². The number of carbonyl (C=O) groups is 1. The molecule has 0 amide bonds. The second kappa shape index (κ2) is 5.80. The van der Waals surface area contributed by atoms with Crippen molar-refractivity contribution in [3.63, 3.8) is 0 Å². The molecule has 1 aliphatic rings. The van der Waals surface area contributed by atoms with Gasteiger partial charge in [0, 0.05) is 18.6 Å². The number of methoxy groups -OCH3 is 1. The smallest absolute Gasteiger partial charge is 0.338 e. The maximum absolute atomic E-state index is 11.8. The van der Waals surface area contributed by atoms with E-state index in [1.54, 1.807) is 42.8 Å². The first-order valence-corrected chi connectivity index (χ1v) is 7.28. The lowest BCUT2D eigenvalue weighted by atomic mass is 10.2. The van der Waals surface area contributed by atoms with Gasteiger partial charge in [-0.05, 0) is 12.1 Å². The molecule has 0 N–H and O–H groups in total. The summed E-state index contributed by atoms with van der Waals surface area (Å²) in [5, 5.41) is 0. The molecule has 1 heterocycles. The Morgan fingerprint density at radius 1 is 1.29 bits per heavy atom. The van der Waals surface area contributed by atoms with Gasteiger partial charge in [-0.1, -0.05) is 18.2 Å². The van der Waals surface area contributed by atoms with Gasteiger partial charge in [0.25, 0.3) is 0 Å². The van der Waals surface area contributed by atoms with Gasteiger partial charge in [0.15, 0.2) is 4.27 Å². The third-order valence-electron chi connectivity index (χ3n) is 2.43. The largest absolute Gasteiger partial charge is 0.457 e. The first-order chi connectivity index (χ1) is 8.26. The zero-order valence-electron chi connectivity index (χ0n) is 9.55. The lowest BCUT2D eigenvalue weighted by molar-refractivity contribution is 0.0263. The molecule has 5 heteroatoms. The zero-order chi connectivity index (χ0) is 12.1. The molecule has 0 unspecified atom stereocenters. The van der Waals surface area contributed by atoms with E-state index in [1.165, 1.54) is 0 Å². The van der Waals surface area contributed by atoms with E-state index < -0.39 is 4.27 Å². The second-order valence-electron chi connectivity index (χ2n) is 3.53. The van der Waals surface area contributed by atoms with Crippen molar-refractivity contribution in [3.05, 3.63) is 35.9 Å².